The summed E-state index contributed by atoms with van der Waals surface area (Å²) in [5, 5.41) is 9.75. The Bertz CT molecular complexity index is 782. The number of amides is 2. The van der Waals surface area contributed by atoms with Gasteiger partial charge in [0.25, 0.3) is 0 Å². The number of aromatic nitrogens is 3. The first-order valence-electron chi connectivity index (χ1n) is 9.76. The summed E-state index contributed by atoms with van der Waals surface area (Å²) in [5.74, 6) is -0.201. The average Bonchev–Trinajstić information content (AvgIpc) is 3.24. The normalized spacial score (nSPS) is 16.9. The van der Waals surface area contributed by atoms with Crippen LogP contribution in [0, 0.1) is 5.41 Å². The lowest BCUT2D eigenvalue weighted by atomic mass is 9.71. The SMILES string of the molecule is CC(C(=O)Nc1ccc(NC(=O)CC2(CN)CCCCC2)cc1)n1cncn1. The van der Waals surface area contributed by atoms with Crippen molar-refractivity contribution >= 4 is 23.2 Å². The molecule has 8 heteroatoms. The number of hydrogen-bond donors (Lipinski definition) is 3. The average molecular weight is 384 g/mol. The summed E-state index contributed by atoms with van der Waals surface area (Å²) < 4.78 is 1.49. The zero-order valence-electron chi connectivity index (χ0n) is 16.2. The molecule has 1 aromatic carbocycles. The van der Waals surface area contributed by atoms with Crippen LogP contribution in [0.3, 0.4) is 0 Å². The van der Waals surface area contributed by atoms with Crippen LogP contribution in [0.1, 0.15) is 51.5 Å². The van der Waals surface area contributed by atoms with Gasteiger partial charge in [-0.15, -0.1) is 0 Å². The van der Waals surface area contributed by atoms with Gasteiger partial charge in [-0.2, -0.15) is 5.10 Å². The predicted molar refractivity (Wildman–Crippen MR) is 108 cm³/mol. The first kappa shape index (κ1) is 20.0. The lowest BCUT2D eigenvalue weighted by molar-refractivity contribution is -0.119. The van der Waals surface area contributed by atoms with Crippen LogP contribution in [-0.2, 0) is 9.59 Å². The Balaban J connectivity index is 1.54. The van der Waals surface area contributed by atoms with Gasteiger partial charge in [0, 0.05) is 17.8 Å². The molecule has 1 aliphatic rings. The van der Waals surface area contributed by atoms with Crippen molar-refractivity contribution in [1.29, 1.82) is 0 Å². The second-order valence-corrected chi connectivity index (χ2v) is 7.61. The highest BCUT2D eigenvalue weighted by Crippen LogP contribution is 2.38. The standard InChI is InChI=1S/C20H28N6O2/c1-15(26-14-22-13-23-26)19(28)25-17-7-5-16(6-8-17)24-18(27)11-20(12-21)9-3-2-4-10-20/h5-8,13-15H,2-4,9-12,21H2,1H3,(H,24,27)(H,25,28). The number of carbonyl (C=O) groups excluding carboxylic acids is 2. The fraction of sp³-hybridized carbons (Fsp3) is 0.500. The molecule has 8 nitrogen and oxygen atoms in total. The maximum atomic E-state index is 12.5. The Morgan fingerprint density at radius 3 is 2.36 bits per heavy atom. The van der Waals surface area contributed by atoms with Gasteiger partial charge in [0.1, 0.15) is 18.7 Å². The van der Waals surface area contributed by atoms with Crippen LogP contribution in [0.5, 0.6) is 0 Å². The highest BCUT2D eigenvalue weighted by Gasteiger charge is 2.32. The van der Waals surface area contributed by atoms with Gasteiger partial charge in [-0.05, 0) is 56.0 Å². The van der Waals surface area contributed by atoms with Gasteiger partial charge < -0.3 is 16.4 Å². The number of carbonyl (C=O) groups is 2. The van der Waals surface area contributed by atoms with Gasteiger partial charge >= 0.3 is 0 Å². The minimum atomic E-state index is -0.468. The van der Waals surface area contributed by atoms with Crippen molar-refractivity contribution in [3.8, 4) is 0 Å². The largest absolute Gasteiger partial charge is 0.330 e. The molecule has 1 aromatic heterocycles. The number of anilines is 2. The zero-order valence-corrected chi connectivity index (χ0v) is 16.2. The summed E-state index contributed by atoms with van der Waals surface area (Å²) in [6.07, 6.45) is 8.91. The van der Waals surface area contributed by atoms with E-state index in [4.69, 9.17) is 5.73 Å². The van der Waals surface area contributed by atoms with Gasteiger partial charge in [-0.25, -0.2) is 9.67 Å². The summed E-state index contributed by atoms with van der Waals surface area (Å²) in [7, 11) is 0. The van der Waals surface area contributed by atoms with Crippen molar-refractivity contribution < 1.29 is 9.59 Å². The van der Waals surface area contributed by atoms with Crippen LogP contribution in [-0.4, -0.2) is 33.1 Å². The number of nitrogens with one attached hydrogen (secondary N) is 2. The highest BCUT2D eigenvalue weighted by atomic mass is 16.2. The minimum absolute atomic E-state index is 0.0102. The molecular formula is C20H28N6O2. The van der Waals surface area contributed by atoms with Gasteiger partial charge in [0.2, 0.25) is 11.8 Å². The summed E-state index contributed by atoms with van der Waals surface area (Å²) in [6.45, 7) is 2.30. The maximum absolute atomic E-state index is 12.5. The smallest absolute Gasteiger partial charge is 0.249 e. The van der Waals surface area contributed by atoms with E-state index in [2.05, 4.69) is 20.7 Å². The van der Waals surface area contributed by atoms with Crippen molar-refractivity contribution in [3.63, 3.8) is 0 Å². The summed E-state index contributed by atoms with van der Waals surface area (Å²) >= 11 is 0. The Kier molecular flexibility index (Phi) is 6.41. The molecule has 1 unspecified atom stereocenters. The third kappa shape index (κ3) is 4.95. The Hall–Kier alpha value is -2.74. The molecule has 0 bridgehead atoms. The molecule has 1 atom stereocenters. The van der Waals surface area contributed by atoms with Gasteiger partial charge in [-0.3, -0.25) is 9.59 Å². The highest BCUT2D eigenvalue weighted by molar-refractivity contribution is 5.94. The molecule has 0 aliphatic heterocycles. The predicted octanol–water partition coefficient (Wildman–Crippen LogP) is 2.72. The molecule has 1 saturated carbocycles. The fourth-order valence-electron chi connectivity index (χ4n) is 3.72. The number of nitrogens with zero attached hydrogens (tertiary/aromatic N) is 3. The summed E-state index contributed by atoms with van der Waals surface area (Å²) in [5.41, 5.74) is 7.27. The first-order chi connectivity index (χ1) is 13.5. The number of hydrogen-bond acceptors (Lipinski definition) is 5. The zero-order chi connectivity index (χ0) is 20.0. The van der Waals surface area contributed by atoms with Gasteiger partial charge in [-0.1, -0.05) is 19.3 Å². The lowest BCUT2D eigenvalue weighted by Crippen LogP contribution is -2.36. The summed E-state index contributed by atoms with van der Waals surface area (Å²) in [4.78, 5) is 28.6. The van der Waals surface area contributed by atoms with E-state index in [9.17, 15) is 9.59 Å². The lowest BCUT2D eigenvalue weighted by Gasteiger charge is -2.35. The fourth-order valence-corrected chi connectivity index (χ4v) is 3.72. The van der Waals surface area contributed by atoms with E-state index in [0.29, 0.717) is 24.3 Å². The molecule has 0 saturated heterocycles. The molecular weight excluding hydrogens is 356 g/mol. The molecule has 0 radical (unpaired) electrons. The number of nitrogens with two attached hydrogens (primary N) is 1. The number of benzene rings is 1. The van der Waals surface area contributed by atoms with Crippen molar-refractivity contribution in [2.45, 2.75) is 51.5 Å². The molecule has 28 heavy (non-hydrogen) atoms. The Morgan fingerprint density at radius 2 is 1.79 bits per heavy atom. The van der Waals surface area contributed by atoms with Crippen molar-refractivity contribution in [2.75, 3.05) is 17.2 Å². The Labute approximate surface area is 164 Å². The minimum Gasteiger partial charge on any atom is -0.330 e. The molecule has 1 heterocycles. The van der Waals surface area contributed by atoms with E-state index in [1.807, 2.05) is 0 Å². The molecule has 2 amide bonds. The van der Waals surface area contributed by atoms with Crippen LogP contribution in [0.2, 0.25) is 0 Å². The Morgan fingerprint density at radius 1 is 1.14 bits per heavy atom. The second kappa shape index (κ2) is 8.97. The summed E-state index contributed by atoms with van der Waals surface area (Å²) in [6, 6.07) is 6.62. The van der Waals surface area contributed by atoms with Crippen molar-refractivity contribution in [1.82, 2.24) is 14.8 Å². The van der Waals surface area contributed by atoms with Crippen LogP contribution < -0.4 is 16.4 Å². The van der Waals surface area contributed by atoms with E-state index in [-0.39, 0.29) is 17.2 Å². The van der Waals surface area contributed by atoms with Crippen LogP contribution in [0.15, 0.2) is 36.9 Å². The van der Waals surface area contributed by atoms with E-state index < -0.39 is 6.04 Å². The van der Waals surface area contributed by atoms with Crippen LogP contribution in [0.4, 0.5) is 11.4 Å². The third-order valence-corrected chi connectivity index (χ3v) is 5.53. The molecule has 0 spiro atoms. The maximum Gasteiger partial charge on any atom is 0.249 e. The quantitative estimate of drug-likeness (QED) is 0.679. The van der Waals surface area contributed by atoms with Crippen LogP contribution >= 0.6 is 0 Å². The molecule has 2 aromatic rings. The molecule has 3 rings (SSSR count). The molecule has 4 N–H and O–H groups in total. The van der Waals surface area contributed by atoms with E-state index >= 15 is 0 Å². The van der Waals surface area contributed by atoms with Crippen LogP contribution in [0.25, 0.3) is 0 Å². The molecule has 150 valence electrons. The molecule has 1 fully saturated rings. The first-order valence-corrected chi connectivity index (χ1v) is 9.76. The van der Waals surface area contributed by atoms with Crippen molar-refractivity contribution in [3.05, 3.63) is 36.9 Å². The monoisotopic (exact) mass is 384 g/mol. The van der Waals surface area contributed by atoms with Gasteiger partial charge in [0.15, 0.2) is 0 Å². The second-order valence-electron chi connectivity index (χ2n) is 7.61. The molecule has 1 aliphatic carbocycles. The van der Waals surface area contributed by atoms with E-state index in [0.717, 1.165) is 25.7 Å². The van der Waals surface area contributed by atoms with E-state index in [1.54, 1.807) is 31.2 Å². The van der Waals surface area contributed by atoms with Gasteiger partial charge in [0.05, 0.1) is 0 Å². The van der Waals surface area contributed by atoms with Crippen molar-refractivity contribution in [2.24, 2.45) is 11.1 Å². The third-order valence-electron chi connectivity index (χ3n) is 5.53. The number of rotatable bonds is 7. The topological polar surface area (TPSA) is 115 Å². The van der Waals surface area contributed by atoms with E-state index in [1.165, 1.54) is 23.8 Å².